The van der Waals surface area contributed by atoms with Crippen LogP contribution >= 0.6 is 11.8 Å². The van der Waals surface area contributed by atoms with Crippen molar-refractivity contribution in [2.75, 3.05) is 26.6 Å². The minimum Gasteiger partial charge on any atom is -0.497 e. The Kier molecular flexibility index (Phi) is 7.26. The van der Waals surface area contributed by atoms with Crippen LogP contribution in [0.4, 0.5) is 0 Å². The summed E-state index contributed by atoms with van der Waals surface area (Å²) >= 11 is 1.04. The molecule has 0 radical (unpaired) electrons. The standard InChI is InChI=1S/C20H24N4O7S/c1-22-17-16(18(27)23(2)20(22)28)24(19(21-17)32-11-15(26)30-4)9-12(25)10-31-14-7-5-13(29-3)6-8-14/h5-8,12,25H,9-11H2,1-4H3. The Morgan fingerprint density at radius 1 is 1.12 bits per heavy atom. The number of methoxy groups -OCH3 is 2. The Hall–Kier alpha value is -3.25. The van der Waals surface area contributed by atoms with Crippen LogP contribution < -0.4 is 20.7 Å². The van der Waals surface area contributed by atoms with Crippen molar-refractivity contribution in [3.63, 3.8) is 0 Å². The highest BCUT2D eigenvalue weighted by Crippen LogP contribution is 2.23. The van der Waals surface area contributed by atoms with E-state index in [1.165, 1.54) is 30.3 Å². The lowest BCUT2D eigenvalue weighted by Crippen LogP contribution is -2.38. The monoisotopic (exact) mass is 464 g/mol. The maximum absolute atomic E-state index is 12.8. The Morgan fingerprint density at radius 3 is 2.41 bits per heavy atom. The van der Waals surface area contributed by atoms with Gasteiger partial charge in [0, 0.05) is 14.1 Å². The number of carbonyl (C=O) groups is 1. The number of nitrogens with zero attached hydrogens (tertiary/aromatic N) is 4. The zero-order valence-corrected chi connectivity index (χ0v) is 18.9. The quantitative estimate of drug-likeness (QED) is 0.348. The van der Waals surface area contributed by atoms with Crippen LogP contribution in [0.15, 0.2) is 39.0 Å². The average Bonchev–Trinajstić information content (AvgIpc) is 3.16. The zero-order valence-electron chi connectivity index (χ0n) is 18.1. The van der Waals surface area contributed by atoms with Gasteiger partial charge in [-0.2, -0.15) is 0 Å². The van der Waals surface area contributed by atoms with Gasteiger partial charge < -0.3 is 23.9 Å². The summed E-state index contributed by atoms with van der Waals surface area (Å²) in [5, 5.41) is 10.9. The SMILES string of the molecule is COC(=O)CSc1nc2c(c(=O)n(C)c(=O)n2C)n1CC(O)COc1ccc(OC)cc1. The number of carbonyl (C=O) groups excluding carboxylic acids is 1. The van der Waals surface area contributed by atoms with E-state index in [1.54, 1.807) is 31.4 Å². The number of benzene rings is 1. The second kappa shape index (κ2) is 9.92. The molecule has 0 saturated heterocycles. The van der Waals surface area contributed by atoms with Crippen LogP contribution in [0, 0.1) is 0 Å². The van der Waals surface area contributed by atoms with Gasteiger partial charge in [-0.25, -0.2) is 9.78 Å². The summed E-state index contributed by atoms with van der Waals surface area (Å²) in [6.45, 7) is -0.0944. The number of imidazole rings is 1. The van der Waals surface area contributed by atoms with E-state index in [-0.39, 0.29) is 30.1 Å². The van der Waals surface area contributed by atoms with E-state index < -0.39 is 23.3 Å². The Labute approximate surface area is 187 Å². The molecule has 1 aromatic carbocycles. The van der Waals surface area contributed by atoms with Crippen molar-refractivity contribution in [1.29, 1.82) is 0 Å². The molecule has 0 aliphatic heterocycles. The van der Waals surface area contributed by atoms with E-state index in [2.05, 4.69) is 9.72 Å². The van der Waals surface area contributed by atoms with Gasteiger partial charge in [0.1, 0.15) is 24.2 Å². The number of rotatable bonds is 9. The molecule has 0 bridgehead atoms. The number of esters is 1. The van der Waals surface area contributed by atoms with Crippen LogP contribution in [-0.2, 0) is 30.2 Å². The number of thioether (sulfide) groups is 1. The first-order valence-corrected chi connectivity index (χ1v) is 10.6. The van der Waals surface area contributed by atoms with E-state index in [9.17, 15) is 19.5 Å². The highest BCUT2D eigenvalue weighted by atomic mass is 32.2. The molecule has 0 aliphatic rings. The van der Waals surface area contributed by atoms with Gasteiger partial charge in [0.05, 0.1) is 26.5 Å². The van der Waals surface area contributed by atoms with Gasteiger partial charge in [-0.15, -0.1) is 0 Å². The molecule has 32 heavy (non-hydrogen) atoms. The van der Waals surface area contributed by atoms with Crippen molar-refractivity contribution >= 4 is 28.9 Å². The first kappa shape index (κ1) is 23.4. The van der Waals surface area contributed by atoms with Crippen LogP contribution in [-0.4, -0.2) is 62.4 Å². The number of ether oxygens (including phenoxy) is 3. The third-order valence-corrected chi connectivity index (χ3v) is 5.70. The first-order valence-electron chi connectivity index (χ1n) is 9.57. The third-order valence-electron chi connectivity index (χ3n) is 4.75. The topological polar surface area (TPSA) is 127 Å². The van der Waals surface area contributed by atoms with Crippen molar-refractivity contribution in [2.45, 2.75) is 17.8 Å². The van der Waals surface area contributed by atoms with E-state index in [0.29, 0.717) is 16.7 Å². The van der Waals surface area contributed by atoms with Crippen LogP contribution in [0.3, 0.4) is 0 Å². The summed E-state index contributed by atoms with van der Waals surface area (Å²) in [5.41, 5.74) is -0.775. The minimum atomic E-state index is -1.01. The summed E-state index contributed by atoms with van der Waals surface area (Å²) in [7, 11) is 5.70. The van der Waals surface area contributed by atoms with Crippen molar-refractivity contribution in [3.05, 3.63) is 45.1 Å². The van der Waals surface area contributed by atoms with Crippen molar-refractivity contribution in [1.82, 2.24) is 18.7 Å². The normalized spacial score (nSPS) is 12.0. The van der Waals surface area contributed by atoms with E-state index in [1.807, 2.05) is 0 Å². The fourth-order valence-corrected chi connectivity index (χ4v) is 3.85. The Balaban J connectivity index is 1.90. The average molecular weight is 465 g/mol. The van der Waals surface area contributed by atoms with Crippen molar-refractivity contribution in [3.8, 4) is 11.5 Å². The van der Waals surface area contributed by atoms with Gasteiger partial charge in [0.2, 0.25) is 0 Å². The molecule has 1 unspecified atom stereocenters. The van der Waals surface area contributed by atoms with Gasteiger partial charge in [-0.3, -0.25) is 18.7 Å². The molecule has 11 nitrogen and oxygen atoms in total. The zero-order chi connectivity index (χ0) is 23.4. The smallest absolute Gasteiger partial charge is 0.332 e. The number of hydrogen-bond donors (Lipinski definition) is 1. The maximum atomic E-state index is 12.8. The number of fused-ring (bicyclic) bond motifs is 1. The summed E-state index contributed by atoms with van der Waals surface area (Å²) in [4.78, 5) is 41.1. The first-order chi connectivity index (χ1) is 15.3. The summed E-state index contributed by atoms with van der Waals surface area (Å²) in [5.74, 6) is 0.696. The largest absolute Gasteiger partial charge is 0.497 e. The Morgan fingerprint density at radius 2 is 1.78 bits per heavy atom. The number of aryl methyl sites for hydroxylation is 1. The molecule has 0 fully saturated rings. The number of hydrogen-bond acceptors (Lipinski definition) is 9. The minimum absolute atomic E-state index is 0.0381. The van der Waals surface area contributed by atoms with Crippen molar-refractivity contribution < 1.29 is 24.1 Å². The molecule has 12 heteroatoms. The molecule has 0 amide bonds. The highest BCUT2D eigenvalue weighted by molar-refractivity contribution is 7.99. The molecule has 3 aromatic rings. The van der Waals surface area contributed by atoms with Crippen LogP contribution in [0.5, 0.6) is 11.5 Å². The molecule has 0 saturated carbocycles. The second-order valence-corrected chi connectivity index (χ2v) is 7.83. The summed E-state index contributed by atoms with van der Waals surface area (Å²) in [6, 6.07) is 6.89. The third kappa shape index (κ3) is 4.81. The number of aromatic nitrogens is 4. The number of aliphatic hydroxyl groups excluding tert-OH is 1. The van der Waals surface area contributed by atoms with E-state index in [4.69, 9.17) is 9.47 Å². The van der Waals surface area contributed by atoms with Crippen molar-refractivity contribution in [2.24, 2.45) is 14.1 Å². The molecular weight excluding hydrogens is 440 g/mol. The lowest BCUT2D eigenvalue weighted by atomic mass is 10.3. The lowest BCUT2D eigenvalue weighted by Gasteiger charge is -2.15. The number of aliphatic hydroxyl groups is 1. The Bertz CT molecular complexity index is 1230. The highest BCUT2D eigenvalue weighted by Gasteiger charge is 2.22. The van der Waals surface area contributed by atoms with Gasteiger partial charge >= 0.3 is 11.7 Å². The van der Waals surface area contributed by atoms with Crippen LogP contribution in [0.1, 0.15) is 0 Å². The fourth-order valence-electron chi connectivity index (χ4n) is 3.02. The predicted molar refractivity (Wildman–Crippen MR) is 117 cm³/mol. The maximum Gasteiger partial charge on any atom is 0.332 e. The van der Waals surface area contributed by atoms with Gasteiger partial charge in [0.25, 0.3) is 5.56 Å². The summed E-state index contributed by atoms with van der Waals surface area (Å²) < 4.78 is 19.1. The van der Waals surface area contributed by atoms with Gasteiger partial charge in [-0.05, 0) is 24.3 Å². The fraction of sp³-hybridized carbons (Fsp3) is 0.400. The molecule has 2 heterocycles. The molecule has 0 spiro atoms. The second-order valence-electron chi connectivity index (χ2n) is 6.89. The molecular formula is C20H24N4O7S. The predicted octanol–water partition coefficient (Wildman–Crippen LogP) is 0.147. The lowest BCUT2D eigenvalue weighted by molar-refractivity contribution is -0.137. The summed E-state index contributed by atoms with van der Waals surface area (Å²) in [6.07, 6.45) is -1.01. The molecule has 0 aliphatic carbocycles. The molecule has 2 aromatic heterocycles. The molecule has 172 valence electrons. The van der Waals surface area contributed by atoms with Gasteiger partial charge in [0.15, 0.2) is 16.3 Å². The van der Waals surface area contributed by atoms with E-state index in [0.717, 1.165) is 16.3 Å². The van der Waals surface area contributed by atoms with E-state index >= 15 is 0 Å². The van der Waals surface area contributed by atoms with Crippen LogP contribution in [0.25, 0.3) is 11.2 Å². The van der Waals surface area contributed by atoms with Crippen LogP contribution in [0.2, 0.25) is 0 Å². The molecule has 1 N–H and O–H groups in total. The molecule has 1 atom stereocenters. The molecule has 3 rings (SSSR count). The van der Waals surface area contributed by atoms with Gasteiger partial charge in [-0.1, -0.05) is 11.8 Å².